The van der Waals surface area contributed by atoms with Gasteiger partial charge in [0.1, 0.15) is 10.7 Å². The average Bonchev–Trinajstić information content (AvgIpc) is 2.76. The predicted octanol–water partition coefficient (Wildman–Crippen LogP) is 3.22. The van der Waals surface area contributed by atoms with Gasteiger partial charge in [-0.15, -0.1) is 11.3 Å². The Morgan fingerprint density at radius 2 is 2.15 bits per heavy atom. The van der Waals surface area contributed by atoms with Gasteiger partial charge in [-0.1, -0.05) is 6.07 Å². The van der Waals surface area contributed by atoms with Crippen molar-refractivity contribution in [3.63, 3.8) is 0 Å². The third kappa shape index (κ3) is 3.03. The fourth-order valence-corrected chi connectivity index (χ4v) is 4.85. The average molecular weight is 379 g/mol. The Morgan fingerprint density at radius 1 is 1.45 bits per heavy atom. The number of halogens is 2. The molecule has 0 atom stereocenters. The van der Waals surface area contributed by atoms with Crippen molar-refractivity contribution >= 4 is 43.0 Å². The van der Waals surface area contributed by atoms with Crippen molar-refractivity contribution in [1.29, 1.82) is 0 Å². The Balaban J connectivity index is 2.43. The molecule has 3 N–H and O–H groups in total. The summed E-state index contributed by atoms with van der Waals surface area (Å²) >= 11 is 4.44. The van der Waals surface area contributed by atoms with Crippen LogP contribution < -0.4 is 10.5 Å². The lowest BCUT2D eigenvalue weighted by molar-refractivity contribution is 0.598. The van der Waals surface area contributed by atoms with Crippen molar-refractivity contribution in [2.75, 3.05) is 4.72 Å². The van der Waals surface area contributed by atoms with Gasteiger partial charge in [-0.05, 0) is 41.1 Å². The van der Waals surface area contributed by atoms with Gasteiger partial charge in [0.05, 0.1) is 5.69 Å². The van der Waals surface area contributed by atoms with Gasteiger partial charge in [-0.25, -0.2) is 12.8 Å². The standard InChI is InChI=1S/C12H12BrFN2O2S2/c1-7-11(5-8(6-15)19-7)20(17,18)16-12-9(13)3-2-4-10(12)14/h2-5,16H,6,15H2,1H3. The summed E-state index contributed by atoms with van der Waals surface area (Å²) in [5.74, 6) is -0.644. The molecule has 0 fully saturated rings. The summed E-state index contributed by atoms with van der Waals surface area (Å²) in [6.45, 7) is 1.96. The fraction of sp³-hybridized carbons (Fsp3) is 0.167. The number of sulfonamides is 1. The Labute approximate surface area is 129 Å². The number of nitrogens with one attached hydrogen (secondary N) is 1. The highest BCUT2D eigenvalue weighted by molar-refractivity contribution is 9.10. The second-order valence-corrected chi connectivity index (χ2v) is 7.89. The first-order valence-corrected chi connectivity index (χ1v) is 8.70. The van der Waals surface area contributed by atoms with E-state index in [1.165, 1.54) is 29.5 Å². The van der Waals surface area contributed by atoms with E-state index in [2.05, 4.69) is 20.7 Å². The van der Waals surface area contributed by atoms with E-state index in [1.807, 2.05) is 0 Å². The number of nitrogens with two attached hydrogens (primary N) is 1. The molecule has 108 valence electrons. The van der Waals surface area contributed by atoms with E-state index < -0.39 is 15.8 Å². The summed E-state index contributed by atoms with van der Waals surface area (Å²) in [7, 11) is -3.84. The highest BCUT2D eigenvalue weighted by atomic mass is 79.9. The zero-order valence-electron chi connectivity index (χ0n) is 10.5. The van der Waals surface area contributed by atoms with Gasteiger partial charge >= 0.3 is 0 Å². The molecule has 0 aliphatic carbocycles. The molecule has 0 amide bonds. The lowest BCUT2D eigenvalue weighted by Gasteiger charge is -2.10. The SMILES string of the molecule is Cc1sc(CN)cc1S(=O)(=O)Nc1c(F)cccc1Br. The minimum Gasteiger partial charge on any atom is -0.326 e. The molecule has 0 saturated heterocycles. The van der Waals surface area contributed by atoms with Crippen LogP contribution >= 0.6 is 27.3 Å². The summed E-state index contributed by atoms with van der Waals surface area (Å²) in [6, 6.07) is 5.75. The molecule has 4 nitrogen and oxygen atoms in total. The molecule has 1 aromatic carbocycles. The molecular formula is C12H12BrFN2O2S2. The Kier molecular flexibility index (Phi) is 4.48. The topological polar surface area (TPSA) is 72.2 Å². The first kappa shape index (κ1) is 15.4. The number of aryl methyl sites for hydroxylation is 1. The van der Waals surface area contributed by atoms with Crippen LogP contribution in [0.5, 0.6) is 0 Å². The molecule has 20 heavy (non-hydrogen) atoms. The van der Waals surface area contributed by atoms with Gasteiger partial charge < -0.3 is 5.73 Å². The first-order chi connectivity index (χ1) is 9.35. The van der Waals surface area contributed by atoms with Crippen LogP contribution in [0.3, 0.4) is 0 Å². The van der Waals surface area contributed by atoms with Crippen molar-refractivity contribution in [3.8, 4) is 0 Å². The molecule has 0 unspecified atom stereocenters. The molecule has 0 aliphatic heterocycles. The van der Waals surface area contributed by atoms with Gasteiger partial charge in [0.2, 0.25) is 0 Å². The minimum absolute atomic E-state index is 0.104. The maximum absolute atomic E-state index is 13.7. The number of hydrogen-bond donors (Lipinski definition) is 2. The highest BCUT2D eigenvalue weighted by Gasteiger charge is 2.22. The van der Waals surface area contributed by atoms with Gasteiger partial charge in [-0.2, -0.15) is 0 Å². The first-order valence-electron chi connectivity index (χ1n) is 5.61. The van der Waals surface area contributed by atoms with Crippen LogP contribution in [0.2, 0.25) is 0 Å². The smallest absolute Gasteiger partial charge is 0.263 e. The maximum Gasteiger partial charge on any atom is 0.263 e. The molecule has 0 aliphatic rings. The fourth-order valence-electron chi connectivity index (χ4n) is 1.68. The van der Waals surface area contributed by atoms with E-state index in [0.29, 0.717) is 9.35 Å². The molecule has 2 aromatic rings. The van der Waals surface area contributed by atoms with E-state index in [-0.39, 0.29) is 17.1 Å². The van der Waals surface area contributed by atoms with Crippen molar-refractivity contribution in [2.24, 2.45) is 5.73 Å². The zero-order chi connectivity index (χ0) is 14.9. The van der Waals surface area contributed by atoms with E-state index in [4.69, 9.17) is 5.73 Å². The van der Waals surface area contributed by atoms with E-state index in [1.54, 1.807) is 13.0 Å². The van der Waals surface area contributed by atoms with Crippen molar-refractivity contribution in [1.82, 2.24) is 0 Å². The number of thiophene rings is 1. The second kappa shape index (κ2) is 5.80. The summed E-state index contributed by atoms with van der Waals surface area (Å²) in [4.78, 5) is 1.50. The summed E-state index contributed by atoms with van der Waals surface area (Å²) in [6.07, 6.45) is 0. The third-order valence-corrected chi connectivity index (χ3v) is 5.95. The Morgan fingerprint density at radius 3 is 2.70 bits per heavy atom. The van der Waals surface area contributed by atoms with Crippen LogP contribution in [-0.2, 0) is 16.6 Å². The van der Waals surface area contributed by atoms with Crippen molar-refractivity contribution < 1.29 is 12.8 Å². The second-order valence-electron chi connectivity index (χ2n) is 4.04. The minimum atomic E-state index is -3.84. The van der Waals surface area contributed by atoms with E-state index in [9.17, 15) is 12.8 Å². The molecule has 2 rings (SSSR count). The monoisotopic (exact) mass is 378 g/mol. The summed E-state index contributed by atoms with van der Waals surface area (Å²) in [5.41, 5.74) is 5.40. The number of benzene rings is 1. The molecule has 0 bridgehead atoms. The highest BCUT2D eigenvalue weighted by Crippen LogP contribution is 2.31. The van der Waals surface area contributed by atoms with Crippen molar-refractivity contribution in [3.05, 3.63) is 44.3 Å². The van der Waals surface area contributed by atoms with Gasteiger partial charge in [0, 0.05) is 20.8 Å². The van der Waals surface area contributed by atoms with Crippen LogP contribution in [0, 0.1) is 12.7 Å². The molecule has 0 radical (unpaired) electrons. The number of para-hydroxylation sites is 1. The number of hydrogen-bond acceptors (Lipinski definition) is 4. The molecule has 1 heterocycles. The van der Waals surface area contributed by atoms with Crippen molar-refractivity contribution in [2.45, 2.75) is 18.4 Å². The lowest BCUT2D eigenvalue weighted by atomic mass is 10.3. The normalized spacial score (nSPS) is 11.6. The largest absolute Gasteiger partial charge is 0.326 e. The number of anilines is 1. The maximum atomic E-state index is 13.7. The molecule has 0 saturated carbocycles. The Hall–Kier alpha value is -0.960. The number of rotatable bonds is 4. The van der Waals surface area contributed by atoms with Crippen LogP contribution in [0.25, 0.3) is 0 Å². The Bertz CT molecular complexity index is 724. The molecule has 8 heteroatoms. The zero-order valence-corrected chi connectivity index (χ0v) is 13.7. The third-order valence-electron chi connectivity index (χ3n) is 2.61. The van der Waals surface area contributed by atoms with Gasteiger partial charge in [0.25, 0.3) is 10.0 Å². The predicted molar refractivity (Wildman–Crippen MR) is 81.9 cm³/mol. The van der Waals surface area contributed by atoms with E-state index in [0.717, 1.165) is 4.88 Å². The van der Waals surface area contributed by atoms with Gasteiger partial charge in [-0.3, -0.25) is 4.72 Å². The lowest BCUT2D eigenvalue weighted by Crippen LogP contribution is -2.14. The van der Waals surface area contributed by atoms with Crippen LogP contribution in [0.1, 0.15) is 9.75 Å². The summed E-state index contributed by atoms with van der Waals surface area (Å²) in [5, 5.41) is 0. The van der Waals surface area contributed by atoms with E-state index >= 15 is 0 Å². The van der Waals surface area contributed by atoms with Gasteiger partial charge in [0.15, 0.2) is 0 Å². The quantitative estimate of drug-likeness (QED) is 0.857. The molecule has 1 aromatic heterocycles. The molecular weight excluding hydrogens is 367 g/mol. The van der Waals surface area contributed by atoms with Crippen LogP contribution in [-0.4, -0.2) is 8.42 Å². The summed E-state index contributed by atoms with van der Waals surface area (Å²) < 4.78 is 40.9. The van der Waals surface area contributed by atoms with Crippen LogP contribution in [0.15, 0.2) is 33.6 Å². The molecule has 0 spiro atoms. The van der Waals surface area contributed by atoms with Crippen LogP contribution in [0.4, 0.5) is 10.1 Å².